The van der Waals surface area contributed by atoms with Crippen LogP contribution in [0.3, 0.4) is 0 Å². The average Bonchev–Trinajstić information content (AvgIpc) is 2.38. The summed E-state index contributed by atoms with van der Waals surface area (Å²) in [7, 11) is 0. The SMILES string of the molecule is C=CC(CCO)OC1OC(CO)C(O)C(O)C1O. The highest BCUT2D eigenvalue weighted by molar-refractivity contribution is 4.90. The van der Waals surface area contributed by atoms with Gasteiger partial charge in [0.1, 0.15) is 24.4 Å². The Kier molecular flexibility index (Phi) is 6.16. The molecule has 6 atom stereocenters. The minimum absolute atomic E-state index is 0.131. The zero-order chi connectivity index (χ0) is 13.7. The second-order valence-electron chi connectivity index (χ2n) is 4.12. The fourth-order valence-corrected chi connectivity index (χ4v) is 1.72. The average molecular weight is 264 g/mol. The van der Waals surface area contributed by atoms with E-state index in [0.29, 0.717) is 0 Å². The monoisotopic (exact) mass is 264 g/mol. The van der Waals surface area contributed by atoms with Crippen LogP contribution in [0.1, 0.15) is 6.42 Å². The molecule has 7 nitrogen and oxygen atoms in total. The molecule has 1 aliphatic rings. The third-order valence-corrected chi connectivity index (χ3v) is 2.83. The lowest BCUT2D eigenvalue weighted by atomic mass is 9.99. The van der Waals surface area contributed by atoms with Crippen LogP contribution in [0.25, 0.3) is 0 Å². The van der Waals surface area contributed by atoms with Gasteiger partial charge in [-0.25, -0.2) is 0 Å². The van der Waals surface area contributed by atoms with E-state index in [1.165, 1.54) is 6.08 Å². The Morgan fingerprint density at radius 2 is 1.83 bits per heavy atom. The van der Waals surface area contributed by atoms with Crippen molar-refractivity contribution >= 4 is 0 Å². The molecule has 1 fully saturated rings. The Labute approximate surface area is 105 Å². The molecule has 7 heteroatoms. The summed E-state index contributed by atoms with van der Waals surface area (Å²) in [5, 5.41) is 46.6. The predicted octanol–water partition coefficient (Wildman–Crippen LogP) is -2.26. The van der Waals surface area contributed by atoms with Crippen LogP contribution in [0, 0.1) is 0 Å². The molecule has 106 valence electrons. The van der Waals surface area contributed by atoms with Gasteiger partial charge < -0.3 is 35.0 Å². The number of hydrogen-bond donors (Lipinski definition) is 5. The van der Waals surface area contributed by atoms with Crippen LogP contribution in [0.4, 0.5) is 0 Å². The van der Waals surface area contributed by atoms with Crippen molar-refractivity contribution in [2.45, 2.75) is 43.2 Å². The van der Waals surface area contributed by atoms with Crippen molar-refractivity contribution < 1.29 is 35.0 Å². The molecule has 0 amide bonds. The number of hydrogen-bond acceptors (Lipinski definition) is 7. The van der Waals surface area contributed by atoms with Crippen molar-refractivity contribution in [2.24, 2.45) is 0 Å². The van der Waals surface area contributed by atoms with E-state index in [1.54, 1.807) is 0 Å². The van der Waals surface area contributed by atoms with Crippen LogP contribution in [-0.4, -0.2) is 75.6 Å². The van der Waals surface area contributed by atoms with E-state index in [9.17, 15) is 15.3 Å². The highest BCUT2D eigenvalue weighted by Crippen LogP contribution is 2.23. The summed E-state index contributed by atoms with van der Waals surface area (Å²) >= 11 is 0. The van der Waals surface area contributed by atoms with E-state index in [0.717, 1.165) is 0 Å². The first-order valence-electron chi connectivity index (χ1n) is 5.74. The zero-order valence-corrected chi connectivity index (χ0v) is 9.92. The molecule has 5 N–H and O–H groups in total. The van der Waals surface area contributed by atoms with Gasteiger partial charge in [-0.3, -0.25) is 0 Å². The first kappa shape index (κ1) is 15.5. The zero-order valence-electron chi connectivity index (χ0n) is 9.92. The maximum atomic E-state index is 9.70. The van der Waals surface area contributed by atoms with Gasteiger partial charge in [0.25, 0.3) is 0 Å². The van der Waals surface area contributed by atoms with E-state index in [4.69, 9.17) is 19.7 Å². The summed E-state index contributed by atoms with van der Waals surface area (Å²) in [5.74, 6) is 0. The molecular weight excluding hydrogens is 244 g/mol. The highest BCUT2D eigenvalue weighted by Gasteiger charge is 2.44. The highest BCUT2D eigenvalue weighted by atomic mass is 16.7. The summed E-state index contributed by atoms with van der Waals surface area (Å²) < 4.78 is 10.5. The maximum Gasteiger partial charge on any atom is 0.187 e. The lowest BCUT2D eigenvalue weighted by molar-refractivity contribution is -0.308. The third-order valence-electron chi connectivity index (χ3n) is 2.83. The molecule has 0 aromatic rings. The van der Waals surface area contributed by atoms with Crippen molar-refractivity contribution in [3.05, 3.63) is 12.7 Å². The second-order valence-corrected chi connectivity index (χ2v) is 4.12. The Hall–Kier alpha value is -0.540. The van der Waals surface area contributed by atoms with E-state index < -0.39 is 43.4 Å². The lowest BCUT2D eigenvalue weighted by Gasteiger charge is -2.40. The van der Waals surface area contributed by atoms with Gasteiger partial charge in [0.2, 0.25) is 0 Å². The number of ether oxygens (including phenoxy) is 2. The normalized spacial score (nSPS) is 38.4. The summed E-state index contributed by atoms with van der Waals surface area (Å²) in [6.45, 7) is 2.87. The molecule has 1 saturated heterocycles. The fraction of sp³-hybridized carbons (Fsp3) is 0.818. The standard InChI is InChI=1S/C11H20O7/c1-2-6(3-4-12)17-11-10(16)9(15)8(14)7(5-13)18-11/h2,6-16H,1,3-5H2. The number of aliphatic hydroxyl groups is 5. The van der Waals surface area contributed by atoms with Crippen LogP contribution in [0.2, 0.25) is 0 Å². The Balaban J connectivity index is 2.66. The first-order valence-corrected chi connectivity index (χ1v) is 5.74. The van der Waals surface area contributed by atoms with Gasteiger partial charge in [-0.2, -0.15) is 0 Å². The predicted molar refractivity (Wildman–Crippen MR) is 60.5 cm³/mol. The summed E-state index contributed by atoms with van der Waals surface area (Å²) in [6.07, 6.45) is -5.40. The molecule has 1 heterocycles. The van der Waals surface area contributed by atoms with Crippen LogP contribution < -0.4 is 0 Å². The van der Waals surface area contributed by atoms with Gasteiger partial charge >= 0.3 is 0 Å². The van der Waals surface area contributed by atoms with E-state index >= 15 is 0 Å². The van der Waals surface area contributed by atoms with Crippen molar-refractivity contribution in [1.82, 2.24) is 0 Å². The minimum atomic E-state index is -1.47. The fourth-order valence-electron chi connectivity index (χ4n) is 1.72. The van der Waals surface area contributed by atoms with Crippen LogP contribution in [0.5, 0.6) is 0 Å². The lowest BCUT2D eigenvalue weighted by Crippen LogP contribution is -2.59. The molecule has 0 bridgehead atoms. The smallest absolute Gasteiger partial charge is 0.187 e. The topological polar surface area (TPSA) is 120 Å². The molecule has 0 saturated carbocycles. The maximum absolute atomic E-state index is 9.70. The number of rotatable bonds is 6. The van der Waals surface area contributed by atoms with Gasteiger partial charge in [-0.1, -0.05) is 6.08 Å². The molecule has 1 aliphatic heterocycles. The molecule has 18 heavy (non-hydrogen) atoms. The summed E-state index contributed by atoms with van der Waals surface area (Å²) in [6, 6.07) is 0. The van der Waals surface area contributed by atoms with Crippen LogP contribution in [0.15, 0.2) is 12.7 Å². The molecule has 0 radical (unpaired) electrons. The molecule has 0 aromatic heterocycles. The largest absolute Gasteiger partial charge is 0.396 e. The minimum Gasteiger partial charge on any atom is -0.396 e. The van der Waals surface area contributed by atoms with Crippen molar-refractivity contribution in [2.75, 3.05) is 13.2 Å². The Morgan fingerprint density at radius 3 is 2.33 bits per heavy atom. The van der Waals surface area contributed by atoms with Crippen LogP contribution in [-0.2, 0) is 9.47 Å². The van der Waals surface area contributed by atoms with Crippen molar-refractivity contribution in [3.8, 4) is 0 Å². The Bertz CT molecular complexity index is 258. The quantitative estimate of drug-likeness (QED) is 0.343. The van der Waals surface area contributed by atoms with E-state index in [1.807, 2.05) is 0 Å². The molecule has 6 unspecified atom stereocenters. The summed E-state index contributed by atoms with van der Waals surface area (Å²) in [5.41, 5.74) is 0. The van der Waals surface area contributed by atoms with E-state index in [-0.39, 0.29) is 13.0 Å². The Morgan fingerprint density at radius 1 is 1.17 bits per heavy atom. The first-order chi connectivity index (χ1) is 8.54. The molecule has 0 aliphatic carbocycles. The van der Waals surface area contributed by atoms with E-state index in [2.05, 4.69) is 6.58 Å². The van der Waals surface area contributed by atoms with Gasteiger partial charge in [0.05, 0.1) is 12.7 Å². The molecule has 1 rings (SSSR count). The van der Waals surface area contributed by atoms with Crippen LogP contribution >= 0.6 is 0 Å². The summed E-state index contributed by atoms with van der Waals surface area (Å²) in [4.78, 5) is 0. The van der Waals surface area contributed by atoms with Gasteiger partial charge in [-0.05, 0) is 0 Å². The number of aliphatic hydroxyl groups excluding tert-OH is 5. The van der Waals surface area contributed by atoms with Crippen molar-refractivity contribution in [3.63, 3.8) is 0 Å². The van der Waals surface area contributed by atoms with Gasteiger partial charge in [-0.15, -0.1) is 6.58 Å². The van der Waals surface area contributed by atoms with Gasteiger partial charge in [0, 0.05) is 13.0 Å². The second kappa shape index (κ2) is 7.15. The third kappa shape index (κ3) is 3.48. The molecule has 0 spiro atoms. The molecule has 0 aromatic carbocycles. The van der Waals surface area contributed by atoms with Gasteiger partial charge in [0.15, 0.2) is 6.29 Å². The van der Waals surface area contributed by atoms with Crippen molar-refractivity contribution in [1.29, 1.82) is 0 Å². The molecular formula is C11H20O7.